The Bertz CT molecular complexity index is 126. The predicted octanol–water partition coefficient (Wildman–Crippen LogP) is 1.50. The van der Waals surface area contributed by atoms with Gasteiger partial charge in [0.15, 0.2) is 0 Å². The number of hydrogen-bond donors (Lipinski definition) is 1. The Morgan fingerprint density at radius 3 is 3.00 bits per heavy atom. The molecule has 11 heavy (non-hydrogen) atoms. The van der Waals surface area contributed by atoms with Crippen molar-refractivity contribution in [3.8, 4) is 0 Å². The molecule has 1 aliphatic rings. The number of nitrogens with one attached hydrogen (secondary N) is 1. The molecule has 1 rings (SSSR count). The SMILES string of the molecule is CCC(=O)[C@@H]1CCCCCN1. The Morgan fingerprint density at radius 1 is 1.45 bits per heavy atom. The molecule has 2 heteroatoms. The number of rotatable bonds is 2. The van der Waals surface area contributed by atoms with Gasteiger partial charge in [-0.2, -0.15) is 0 Å². The molecule has 0 radical (unpaired) electrons. The van der Waals surface area contributed by atoms with Crippen molar-refractivity contribution in [2.75, 3.05) is 6.54 Å². The lowest BCUT2D eigenvalue weighted by Gasteiger charge is -2.12. The van der Waals surface area contributed by atoms with E-state index in [0.29, 0.717) is 12.2 Å². The van der Waals surface area contributed by atoms with Crippen LogP contribution in [0.2, 0.25) is 0 Å². The lowest BCUT2D eigenvalue weighted by Crippen LogP contribution is -2.35. The fourth-order valence-corrected chi connectivity index (χ4v) is 1.55. The zero-order valence-corrected chi connectivity index (χ0v) is 7.23. The molecule has 0 unspecified atom stereocenters. The van der Waals surface area contributed by atoms with Crippen LogP contribution in [0.4, 0.5) is 0 Å². The maximum atomic E-state index is 11.3. The summed E-state index contributed by atoms with van der Waals surface area (Å²) in [7, 11) is 0. The topological polar surface area (TPSA) is 29.1 Å². The van der Waals surface area contributed by atoms with E-state index in [1.54, 1.807) is 0 Å². The van der Waals surface area contributed by atoms with Crippen LogP contribution < -0.4 is 5.32 Å². The van der Waals surface area contributed by atoms with Gasteiger partial charge in [0, 0.05) is 6.42 Å². The molecule has 2 nitrogen and oxygen atoms in total. The highest BCUT2D eigenvalue weighted by Crippen LogP contribution is 2.09. The van der Waals surface area contributed by atoms with Gasteiger partial charge < -0.3 is 5.32 Å². The van der Waals surface area contributed by atoms with E-state index in [-0.39, 0.29) is 6.04 Å². The van der Waals surface area contributed by atoms with Crippen LogP contribution in [0, 0.1) is 0 Å². The molecule has 0 aromatic rings. The molecule has 1 atom stereocenters. The summed E-state index contributed by atoms with van der Waals surface area (Å²) in [6.07, 6.45) is 5.45. The summed E-state index contributed by atoms with van der Waals surface area (Å²) in [6, 6.07) is 0.169. The van der Waals surface area contributed by atoms with Crippen molar-refractivity contribution in [1.29, 1.82) is 0 Å². The molecule has 1 N–H and O–H groups in total. The summed E-state index contributed by atoms with van der Waals surface area (Å²) in [6.45, 7) is 2.96. The van der Waals surface area contributed by atoms with E-state index in [1.807, 2.05) is 6.92 Å². The zero-order valence-electron chi connectivity index (χ0n) is 7.23. The second-order valence-electron chi connectivity index (χ2n) is 3.18. The van der Waals surface area contributed by atoms with E-state index >= 15 is 0 Å². The standard InChI is InChI=1S/C9H17NO/c1-2-9(11)8-6-4-3-5-7-10-8/h8,10H,2-7H2,1H3/t8-/m0/s1. The van der Waals surface area contributed by atoms with Crippen LogP contribution in [0.3, 0.4) is 0 Å². The number of hydrogen-bond acceptors (Lipinski definition) is 2. The van der Waals surface area contributed by atoms with Gasteiger partial charge in [-0.15, -0.1) is 0 Å². The van der Waals surface area contributed by atoms with Crippen molar-refractivity contribution in [3.63, 3.8) is 0 Å². The molecule has 0 amide bonds. The molecule has 0 aromatic heterocycles. The quantitative estimate of drug-likeness (QED) is 0.654. The van der Waals surface area contributed by atoms with Crippen molar-refractivity contribution < 1.29 is 4.79 Å². The third-order valence-electron chi connectivity index (χ3n) is 2.30. The Kier molecular flexibility index (Phi) is 3.57. The minimum atomic E-state index is 0.169. The monoisotopic (exact) mass is 155 g/mol. The van der Waals surface area contributed by atoms with Crippen LogP contribution in [0.5, 0.6) is 0 Å². The lowest BCUT2D eigenvalue weighted by molar-refractivity contribution is -0.120. The van der Waals surface area contributed by atoms with E-state index in [9.17, 15) is 4.79 Å². The Labute approximate surface area is 68.4 Å². The highest BCUT2D eigenvalue weighted by Gasteiger charge is 2.16. The maximum absolute atomic E-state index is 11.3. The second kappa shape index (κ2) is 4.50. The van der Waals surface area contributed by atoms with E-state index < -0.39 is 0 Å². The normalized spacial score (nSPS) is 26.1. The van der Waals surface area contributed by atoms with Gasteiger partial charge in [0.05, 0.1) is 6.04 Å². The first-order valence-electron chi connectivity index (χ1n) is 4.60. The van der Waals surface area contributed by atoms with Gasteiger partial charge in [0.1, 0.15) is 5.78 Å². The first-order chi connectivity index (χ1) is 5.34. The average Bonchev–Trinajstić information content (AvgIpc) is 2.30. The van der Waals surface area contributed by atoms with Crippen molar-refractivity contribution in [2.45, 2.75) is 45.1 Å². The number of Topliss-reactive ketones (excluding diaryl/α,β-unsaturated/α-hetero) is 1. The third-order valence-corrected chi connectivity index (χ3v) is 2.30. The minimum Gasteiger partial charge on any atom is -0.307 e. The molecule has 64 valence electrons. The van der Waals surface area contributed by atoms with Crippen molar-refractivity contribution in [2.24, 2.45) is 0 Å². The van der Waals surface area contributed by atoms with Crippen LogP contribution in [-0.4, -0.2) is 18.4 Å². The summed E-state index contributed by atoms with van der Waals surface area (Å²) in [5.74, 6) is 0.381. The van der Waals surface area contributed by atoms with E-state index in [2.05, 4.69) is 5.32 Å². The summed E-state index contributed by atoms with van der Waals surface area (Å²) >= 11 is 0. The fourth-order valence-electron chi connectivity index (χ4n) is 1.55. The first-order valence-corrected chi connectivity index (χ1v) is 4.60. The molecule has 1 aliphatic heterocycles. The van der Waals surface area contributed by atoms with Gasteiger partial charge in [-0.25, -0.2) is 0 Å². The number of carbonyl (C=O) groups is 1. The van der Waals surface area contributed by atoms with Crippen molar-refractivity contribution >= 4 is 5.78 Å². The Morgan fingerprint density at radius 2 is 2.27 bits per heavy atom. The molecule has 0 aliphatic carbocycles. The molecule has 0 saturated carbocycles. The zero-order chi connectivity index (χ0) is 8.10. The third kappa shape index (κ3) is 2.62. The smallest absolute Gasteiger partial charge is 0.149 e. The summed E-state index contributed by atoms with van der Waals surface area (Å²) in [5, 5.41) is 3.28. The Balaban J connectivity index is 2.36. The van der Waals surface area contributed by atoms with Gasteiger partial charge in [-0.1, -0.05) is 19.8 Å². The maximum Gasteiger partial charge on any atom is 0.149 e. The minimum absolute atomic E-state index is 0.169. The second-order valence-corrected chi connectivity index (χ2v) is 3.18. The lowest BCUT2D eigenvalue weighted by atomic mass is 10.1. The molecular formula is C9H17NO. The molecular weight excluding hydrogens is 138 g/mol. The van der Waals surface area contributed by atoms with Gasteiger partial charge in [-0.05, 0) is 19.4 Å². The average molecular weight is 155 g/mol. The summed E-state index contributed by atoms with van der Waals surface area (Å²) < 4.78 is 0. The number of ketones is 1. The predicted molar refractivity (Wildman–Crippen MR) is 45.6 cm³/mol. The first kappa shape index (κ1) is 8.72. The number of carbonyl (C=O) groups excluding carboxylic acids is 1. The van der Waals surface area contributed by atoms with Crippen molar-refractivity contribution in [1.82, 2.24) is 5.32 Å². The summed E-state index contributed by atoms with van der Waals surface area (Å²) in [5.41, 5.74) is 0. The highest BCUT2D eigenvalue weighted by atomic mass is 16.1. The van der Waals surface area contributed by atoms with Gasteiger partial charge >= 0.3 is 0 Å². The van der Waals surface area contributed by atoms with Gasteiger partial charge in [-0.3, -0.25) is 4.79 Å². The summed E-state index contributed by atoms with van der Waals surface area (Å²) in [4.78, 5) is 11.3. The van der Waals surface area contributed by atoms with Crippen LogP contribution in [0.1, 0.15) is 39.0 Å². The van der Waals surface area contributed by atoms with E-state index in [1.165, 1.54) is 19.3 Å². The molecule has 0 bridgehead atoms. The molecule has 0 aromatic carbocycles. The van der Waals surface area contributed by atoms with E-state index in [0.717, 1.165) is 13.0 Å². The molecule has 0 spiro atoms. The van der Waals surface area contributed by atoms with E-state index in [4.69, 9.17) is 0 Å². The van der Waals surface area contributed by atoms with Gasteiger partial charge in [0.25, 0.3) is 0 Å². The van der Waals surface area contributed by atoms with Crippen LogP contribution in [-0.2, 0) is 4.79 Å². The van der Waals surface area contributed by atoms with Crippen LogP contribution >= 0.6 is 0 Å². The van der Waals surface area contributed by atoms with Crippen LogP contribution in [0.25, 0.3) is 0 Å². The highest BCUT2D eigenvalue weighted by molar-refractivity contribution is 5.83. The molecule has 1 heterocycles. The largest absolute Gasteiger partial charge is 0.307 e. The fraction of sp³-hybridized carbons (Fsp3) is 0.889. The molecule has 1 fully saturated rings. The van der Waals surface area contributed by atoms with Crippen molar-refractivity contribution in [3.05, 3.63) is 0 Å². The van der Waals surface area contributed by atoms with Gasteiger partial charge in [0.2, 0.25) is 0 Å². The molecule has 1 saturated heterocycles. The Hall–Kier alpha value is -0.370. The van der Waals surface area contributed by atoms with Crippen LogP contribution in [0.15, 0.2) is 0 Å².